The van der Waals surface area contributed by atoms with Crippen LogP contribution in [0.25, 0.3) is 0 Å². The number of thiazole rings is 1. The molecule has 4 aromatic rings. The third-order valence-corrected chi connectivity index (χ3v) is 9.24. The van der Waals surface area contributed by atoms with Crippen LogP contribution in [0.5, 0.6) is 5.75 Å². The molecule has 46 heavy (non-hydrogen) atoms. The summed E-state index contributed by atoms with van der Waals surface area (Å²) in [6.45, 7) is 6.36. The number of halogens is 1. The van der Waals surface area contributed by atoms with E-state index in [2.05, 4.69) is 10.3 Å². The van der Waals surface area contributed by atoms with Gasteiger partial charge in [-0.25, -0.2) is 31.7 Å². The Balaban J connectivity index is 1.60. The van der Waals surface area contributed by atoms with E-state index in [0.29, 0.717) is 11.3 Å². The van der Waals surface area contributed by atoms with Crippen LogP contribution in [0.1, 0.15) is 36.8 Å². The number of amides is 1. The zero-order valence-electron chi connectivity index (χ0n) is 26.6. The first-order chi connectivity index (χ1) is 21.7. The molecule has 0 aliphatic carbocycles. The Morgan fingerprint density at radius 1 is 1.13 bits per heavy atom. The number of imidazole rings is 1. The predicted octanol–water partition coefficient (Wildman–Crippen LogP) is 3.93. The van der Waals surface area contributed by atoms with E-state index in [1.807, 2.05) is 29.8 Å². The highest BCUT2D eigenvalue weighted by Gasteiger charge is 2.33. The van der Waals surface area contributed by atoms with Gasteiger partial charge in [-0.1, -0.05) is 12.1 Å². The van der Waals surface area contributed by atoms with Crippen molar-refractivity contribution in [3.63, 3.8) is 0 Å². The lowest BCUT2D eigenvalue weighted by atomic mass is 10.2. The Bertz CT molecular complexity index is 1780. The van der Waals surface area contributed by atoms with Gasteiger partial charge in [-0.2, -0.15) is 0 Å². The summed E-state index contributed by atoms with van der Waals surface area (Å²) < 4.78 is 58.8. The molecule has 0 fully saturated rings. The average molecular weight is 674 g/mol. The van der Waals surface area contributed by atoms with Crippen molar-refractivity contribution in [2.24, 2.45) is 0 Å². The summed E-state index contributed by atoms with van der Waals surface area (Å²) in [5.74, 6) is -1.65. The molecule has 0 aliphatic heterocycles. The molecule has 0 unspecified atom stereocenters. The number of aromatic nitrogens is 3. The summed E-state index contributed by atoms with van der Waals surface area (Å²) in [7, 11) is 0.987. The van der Waals surface area contributed by atoms with Gasteiger partial charge in [0.15, 0.2) is 12.2 Å². The molecule has 0 atom stereocenters. The Hall–Kier alpha value is -4.34. The van der Waals surface area contributed by atoms with Crippen molar-refractivity contribution in [2.75, 3.05) is 37.4 Å². The maximum Gasteiger partial charge on any atom is 0.360 e. The van der Waals surface area contributed by atoms with Gasteiger partial charge in [0.1, 0.15) is 41.1 Å². The number of benzene rings is 2. The molecule has 2 aromatic heterocycles. The normalized spacial score (nSPS) is 11.8. The van der Waals surface area contributed by atoms with Crippen molar-refractivity contribution >= 4 is 43.9 Å². The van der Waals surface area contributed by atoms with Crippen LogP contribution >= 0.6 is 11.3 Å². The van der Waals surface area contributed by atoms with Crippen LogP contribution in [0, 0.1) is 5.82 Å². The van der Waals surface area contributed by atoms with E-state index in [-0.39, 0.29) is 34.4 Å². The second-order valence-corrected chi connectivity index (χ2v) is 14.4. The minimum Gasteiger partial charge on any atom is -0.497 e. The number of likely N-dealkylation sites (N-methyl/N-ethyl adjacent to an activating group) is 1. The second-order valence-electron chi connectivity index (χ2n) is 11.7. The van der Waals surface area contributed by atoms with E-state index in [4.69, 9.17) is 9.47 Å². The number of methoxy groups -OCH3 is 1. The van der Waals surface area contributed by atoms with Crippen LogP contribution in [0.3, 0.4) is 0 Å². The molecule has 12 nitrogen and oxygen atoms in total. The maximum atomic E-state index is 15.4. The summed E-state index contributed by atoms with van der Waals surface area (Å²) in [5.41, 5.74) is 0.708. The smallest absolute Gasteiger partial charge is 0.360 e. The summed E-state index contributed by atoms with van der Waals surface area (Å²) in [6.07, 6.45) is 5.35. The summed E-state index contributed by atoms with van der Waals surface area (Å²) in [4.78, 5) is 31.5. The molecule has 1 N–H and O–H groups in total. The first-order valence-electron chi connectivity index (χ1n) is 14.3. The molecule has 2 aromatic carbocycles. The number of ether oxygens (including phenoxy) is 2. The molecule has 246 valence electrons. The molecular weight excluding hydrogens is 636 g/mol. The zero-order chi connectivity index (χ0) is 33.6. The zero-order valence-corrected chi connectivity index (χ0v) is 28.2. The quantitative estimate of drug-likeness (QED) is 0.167. The van der Waals surface area contributed by atoms with Gasteiger partial charge < -0.3 is 19.7 Å². The molecule has 0 aliphatic rings. The number of nitrogens with zero attached hydrogens (tertiary/aromatic N) is 5. The average Bonchev–Trinajstić information content (AvgIpc) is 3.65. The lowest BCUT2D eigenvalue weighted by Gasteiger charge is -2.25. The van der Waals surface area contributed by atoms with Crippen LogP contribution in [0.4, 0.5) is 15.1 Å². The molecule has 0 saturated heterocycles. The van der Waals surface area contributed by atoms with E-state index in [0.717, 1.165) is 34.8 Å². The van der Waals surface area contributed by atoms with E-state index < -0.39 is 33.3 Å². The molecule has 4 rings (SSSR count). The maximum absolute atomic E-state index is 15.4. The van der Waals surface area contributed by atoms with Crippen molar-refractivity contribution in [1.29, 1.82) is 0 Å². The van der Waals surface area contributed by atoms with E-state index in [9.17, 15) is 18.0 Å². The van der Waals surface area contributed by atoms with Gasteiger partial charge in [0.25, 0.3) is 15.9 Å². The lowest BCUT2D eigenvalue weighted by Crippen LogP contribution is -2.38. The van der Waals surface area contributed by atoms with Crippen LogP contribution in [-0.4, -0.2) is 68.1 Å². The summed E-state index contributed by atoms with van der Waals surface area (Å²) in [6, 6.07) is 9.96. The minimum absolute atomic E-state index is 0.0115. The lowest BCUT2D eigenvalue weighted by molar-refractivity contribution is -0.683. The molecule has 0 bridgehead atoms. The molecule has 1 amide bonds. The van der Waals surface area contributed by atoms with Crippen LogP contribution < -0.4 is 18.9 Å². The Labute approximate surface area is 272 Å². The highest BCUT2D eigenvalue weighted by atomic mass is 32.2. The van der Waals surface area contributed by atoms with Crippen molar-refractivity contribution in [1.82, 2.24) is 14.5 Å². The minimum atomic E-state index is -4.46. The van der Waals surface area contributed by atoms with Gasteiger partial charge in [0, 0.05) is 6.54 Å². The Morgan fingerprint density at radius 2 is 1.85 bits per heavy atom. The third-order valence-electron chi connectivity index (χ3n) is 6.53. The SMILES string of the molecule is COc1ccc(CN(c2scnc2C(=O)OC(C)(C)C)S(=O)(=O)c2ccc(NC(=O)C[n+]3ccn(CCN(C)C)c3)c(F)c2)cc1. The first-order valence-corrected chi connectivity index (χ1v) is 16.6. The van der Waals surface area contributed by atoms with Crippen molar-refractivity contribution in [3.05, 3.63) is 83.8 Å². The van der Waals surface area contributed by atoms with Crippen LogP contribution in [-0.2, 0) is 39.2 Å². The monoisotopic (exact) mass is 673 g/mol. The molecule has 0 saturated carbocycles. The van der Waals surface area contributed by atoms with E-state index in [1.54, 1.807) is 62.1 Å². The number of carbonyl (C=O) groups is 2. The number of hydrogen-bond acceptors (Lipinski definition) is 9. The molecule has 0 radical (unpaired) electrons. The number of rotatable bonds is 13. The van der Waals surface area contributed by atoms with Crippen molar-refractivity contribution in [3.8, 4) is 5.75 Å². The Kier molecular flexibility index (Phi) is 10.8. The van der Waals surface area contributed by atoms with E-state index >= 15 is 4.39 Å². The number of esters is 1. The topological polar surface area (TPSA) is 127 Å². The van der Waals surface area contributed by atoms with Gasteiger partial charge in [0.05, 0.1) is 29.7 Å². The highest BCUT2D eigenvalue weighted by Crippen LogP contribution is 2.34. The van der Waals surface area contributed by atoms with Crippen LogP contribution in [0.15, 0.2) is 71.6 Å². The molecule has 0 spiro atoms. The third kappa shape index (κ3) is 8.89. The summed E-state index contributed by atoms with van der Waals surface area (Å²) >= 11 is 0.936. The van der Waals surface area contributed by atoms with Gasteiger partial charge >= 0.3 is 5.97 Å². The number of carbonyl (C=O) groups excluding carboxylic acids is 2. The van der Waals surface area contributed by atoms with Crippen molar-refractivity contribution < 1.29 is 36.4 Å². The fourth-order valence-electron chi connectivity index (χ4n) is 4.27. The van der Waals surface area contributed by atoms with E-state index in [1.165, 1.54) is 24.8 Å². The van der Waals surface area contributed by atoms with Gasteiger partial charge in [-0.3, -0.25) is 9.10 Å². The fraction of sp³-hybridized carbons (Fsp3) is 0.355. The standard InChI is InChI=1S/C31H37FN6O6S2/c1-31(2,3)44-30(40)28-29(45-20-33-28)38(18-22-7-9-23(43-6)10-8-22)46(41,42)24-11-12-26(25(32)17-24)34-27(39)19-37-16-15-36(21-37)14-13-35(4)5/h7-12,15-17,20-21H,13-14,18-19H2,1-6H3/p+1. The fourth-order valence-corrected chi connectivity index (χ4v) is 6.75. The number of hydrogen-bond donors (Lipinski definition) is 1. The van der Waals surface area contributed by atoms with Crippen LogP contribution in [0.2, 0.25) is 0 Å². The largest absolute Gasteiger partial charge is 0.497 e. The highest BCUT2D eigenvalue weighted by molar-refractivity contribution is 7.93. The second kappa shape index (κ2) is 14.4. The van der Waals surface area contributed by atoms with Gasteiger partial charge in [0.2, 0.25) is 6.33 Å². The molecule has 15 heteroatoms. The molecular formula is C31H38FN6O6S2+. The predicted molar refractivity (Wildman–Crippen MR) is 172 cm³/mol. The number of sulfonamides is 1. The first kappa shape index (κ1) is 34.5. The van der Waals surface area contributed by atoms with Gasteiger partial charge in [-0.05, 0) is 70.8 Å². The summed E-state index contributed by atoms with van der Waals surface area (Å²) in [5, 5.41) is 2.52. The van der Waals surface area contributed by atoms with Gasteiger partial charge in [-0.15, -0.1) is 11.3 Å². The van der Waals surface area contributed by atoms with Crippen molar-refractivity contribution in [2.45, 2.75) is 50.9 Å². The Morgan fingerprint density at radius 3 is 2.48 bits per heavy atom. The number of anilines is 2. The number of nitrogens with one attached hydrogen (secondary N) is 1. The molecule has 2 heterocycles.